The van der Waals surface area contributed by atoms with E-state index in [-0.39, 0.29) is 0 Å². The third-order valence-corrected chi connectivity index (χ3v) is 8.46. The van der Waals surface area contributed by atoms with Crippen molar-refractivity contribution in [1.82, 2.24) is 4.90 Å². The van der Waals surface area contributed by atoms with Crippen molar-refractivity contribution in [2.75, 3.05) is 19.6 Å². The molecule has 1 N–H and O–H groups in total. The average molecular weight is 569 g/mol. The summed E-state index contributed by atoms with van der Waals surface area (Å²) in [4.78, 5) is 2.53. The van der Waals surface area contributed by atoms with E-state index in [1.54, 1.807) is 0 Å². The molecule has 0 bridgehead atoms. The lowest BCUT2D eigenvalue weighted by atomic mass is 9.98. The van der Waals surface area contributed by atoms with Crippen LogP contribution in [0.25, 0.3) is 21.5 Å². The number of aliphatic hydroxyl groups is 1. The minimum absolute atomic E-state index is 0.457. The minimum atomic E-state index is -0.457. The molecule has 37 heavy (non-hydrogen) atoms. The second-order valence-corrected chi connectivity index (χ2v) is 11.8. The first-order valence-corrected chi connectivity index (χ1v) is 15.9. The molecule has 3 rings (SSSR count). The van der Waals surface area contributed by atoms with E-state index in [0.717, 1.165) is 29.7 Å². The van der Waals surface area contributed by atoms with Crippen molar-refractivity contribution in [3.8, 4) is 0 Å². The molecule has 2 nitrogen and oxygen atoms in total. The Morgan fingerprint density at radius 1 is 0.649 bits per heavy atom. The second kappa shape index (κ2) is 17.2. The standard InChI is InChI=1S/C34H50BrNO/c1-3-5-7-9-11-13-17-23-36(24-18-14-12-10-8-6-4-2)27-34(37)29-22-21-28-26-33(35)31-20-16-15-19-30(31)32(28)25-29/h15-16,19-22,25-26,34,37H,3-14,17-18,23-24,27H2,1-2H3/t34-/m1/s1. The fourth-order valence-corrected chi connectivity index (χ4v) is 6.10. The number of hydrogen-bond acceptors (Lipinski definition) is 2. The first kappa shape index (κ1) is 30.1. The monoisotopic (exact) mass is 567 g/mol. The van der Waals surface area contributed by atoms with Crippen molar-refractivity contribution in [3.63, 3.8) is 0 Å². The molecule has 3 heteroatoms. The SMILES string of the molecule is CCCCCCCCCN(CCCCCCCCC)C[C@@H](O)c1ccc2cc(Br)c3ccccc3c2c1. The van der Waals surface area contributed by atoms with Crippen LogP contribution in [0.4, 0.5) is 0 Å². The molecule has 3 aromatic rings. The number of rotatable bonds is 19. The van der Waals surface area contributed by atoms with Crippen LogP contribution in [0.5, 0.6) is 0 Å². The van der Waals surface area contributed by atoms with Gasteiger partial charge in [-0.3, -0.25) is 0 Å². The second-order valence-electron chi connectivity index (χ2n) is 10.9. The summed E-state index contributed by atoms with van der Waals surface area (Å²) in [5, 5.41) is 16.2. The molecule has 0 amide bonds. The number of benzene rings is 3. The molecule has 204 valence electrons. The molecule has 0 fully saturated rings. The largest absolute Gasteiger partial charge is 0.387 e. The smallest absolute Gasteiger partial charge is 0.0917 e. The summed E-state index contributed by atoms with van der Waals surface area (Å²) in [5.41, 5.74) is 1.03. The van der Waals surface area contributed by atoms with Crippen molar-refractivity contribution < 1.29 is 5.11 Å². The highest BCUT2D eigenvalue weighted by Gasteiger charge is 2.15. The highest BCUT2D eigenvalue weighted by Crippen LogP contribution is 2.33. The fourth-order valence-electron chi connectivity index (χ4n) is 5.51. The Bertz CT molecular complexity index is 1030. The van der Waals surface area contributed by atoms with Crippen LogP contribution < -0.4 is 0 Å². The van der Waals surface area contributed by atoms with E-state index < -0.39 is 6.10 Å². The number of halogens is 1. The Kier molecular flexibility index (Phi) is 14.0. The van der Waals surface area contributed by atoms with Gasteiger partial charge in [-0.05, 0) is 65.2 Å². The average Bonchev–Trinajstić information content (AvgIpc) is 2.91. The molecule has 0 aliphatic heterocycles. The van der Waals surface area contributed by atoms with E-state index in [4.69, 9.17) is 0 Å². The van der Waals surface area contributed by atoms with Gasteiger partial charge in [0.2, 0.25) is 0 Å². The molecule has 0 aliphatic rings. The Labute approximate surface area is 235 Å². The molecule has 0 heterocycles. The number of hydrogen-bond donors (Lipinski definition) is 1. The molecule has 0 radical (unpaired) electrons. The van der Waals surface area contributed by atoms with Crippen LogP contribution in [0.2, 0.25) is 0 Å². The van der Waals surface area contributed by atoms with E-state index in [1.807, 2.05) is 0 Å². The molecule has 0 aliphatic carbocycles. The third-order valence-electron chi connectivity index (χ3n) is 7.81. The lowest BCUT2D eigenvalue weighted by Gasteiger charge is -2.26. The molecule has 0 saturated carbocycles. The molecule has 0 unspecified atom stereocenters. The Morgan fingerprint density at radius 3 is 1.78 bits per heavy atom. The summed E-state index contributed by atoms with van der Waals surface area (Å²) < 4.78 is 1.12. The molecule has 3 aromatic carbocycles. The van der Waals surface area contributed by atoms with Crippen LogP contribution in [0, 0.1) is 0 Å². The first-order valence-electron chi connectivity index (χ1n) is 15.1. The Hall–Kier alpha value is -1.42. The number of aliphatic hydroxyl groups excluding tert-OH is 1. The highest BCUT2D eigenvalue weighted by molar-refractivity contribution is 9.10. The minimum Gasteiger partial charge on any atom is -0.387 e. The Morgan fingerprint density at radius 2 is 1.19 bits per heavy atom. The number of nitrogens with zero attached hydrogens (tertiary/aromatic N) is 1. The molecule has 0 spiro atoms. The lowest BCUT2D eigenvalue weighted by molar-refractivity contribution is 0.110. The quantitative estimate of drug-likeness (QED) is 0.115. The first-order chi connectivity index (χ1) is 18.1. The van der Waals surface area contributed by atoms with Gasteiger partial charge in [-0.15, -0.1) is 0 Å². The van der Waals surface area contributed by atoms with Gasteiger partial charge in [-0.25, -0.2) is 0 Å². The van der Waals surface area contributed by atoms with Gasteiger partial charge >= 0.3 is 0 Å². The third kappa shape index (κ3) is 10.0. The van der Waals surface area contributed by atoms with Crippen molar-refractivity contribution >= 4 is 37.5 Å². The van der Waals surface area contributed by atoms with Gasteiger partial charge in [0, 0.05) is 11.0 Å². The van der Waals surface area contributed by atoms with Crippen LogP contribution in [0.1, 0.15) is 115 Å². The van der Waals surface area contributed by atoms with Gasteiger partial charge in [0.15, 0.2) is 0 Å². The van der Waals surface area contributed by atoms with E-state index in [0.29, 0.717) is 0 Å². The summed E-state index contributed by atoms with van der Waals surface area (Å²) in [6.07, 6.45) is 18.2. The molecule has 0 aromatic heterocycles. The Balaban J connectivity index is 1.61. The maximum absolute atomic E-state index is 11.3. The maximum Gasteiger partial charge on any atom is 0.0917 e. The summed E-state index contributed by atoms with van der Waals surface area (Å²) in [6, 6.07) is 17.2. The van der Waals surface area contributed by atoms with Gasteiger partial charge in [-0.1, -0.05) is 143 Å². The molecule has 1 atom stereocenters. The van der Waals surface area contributed by atoms with E-state index in [2.05, 4.69) is 83.2 Å². The van der Waals surface area contributed by atoms with Gasteiger partial charge in [0.05, 0.1) is 6.10 Å². The zero-order valence-corrected chi connectivity index (χ0v) is 25.1. The number of unbranched alkanes of at least 4 members (excludes halogenated alkanes) is 12. The molecular formula is C34H50BrNO. The van der Waals surface area contributed by atoms with Crippen molar-refractivity contribution in [2.45, 2.75) is 110 Å². The maximum atomic E-state index is 11.3. The predicted octanol–water partition coefficient (Wildman–Crippen LogP) is 10.6. The van der Waals surface area contributed by atoms with E-state index in [1.165, 1.54) is 111 Å². The van der Waals surface area contributed by atoms with E-state index >= 15 is 0 Å². The zero-order chi connectivity index (χ0) is 26.3. The van der Waals surface area contributed by atoms with Crippen molar-refractivity contribution in [2.24, 2.45) is 0 Å². The van der Waals surface area contributed by atoms with E-state index in [9.17, 15) is 5.11 Å². The van der Waals surface area contributed by atoms with Gasteiger partial charge < -0.3 is 10.0 Å². The van der Waals surface area contributed by atoms with Crippen LogP contribution in [-0.4, -0.2) is 29.6 Å². The topological polar surface area (TPSA) is 23.5 Å². The van der Waals surface area contributed by atoms with Crippen molar-refractivity contribution in [3.05, 3.63) is 58.6 Å². The fraction of sp³-hybridized carbons (Fsp3) is 0.588. The normalized spacial score (nSPS) is 12.7. The molecular weight excluding hydrogens is 518 g/mol. The number of fused-ring (bicyclic) bond motifs is 3. The van der Waals surface area contributed by atoms with Crippen LogP contribution in [0.3, 0.4) is 0 Å². The van der Waals surface area contributed by atoms with Gasteiger partial charge in [-0.2, -0.15) is 0 Å². The molecule has 0 saturated heterocycles. The summed E-state index contributed by atoms with van der Waals surface area (Å²) in [5.74, 6) is 0. The summed E-state index contributed by atoms with van der Waals surface area (Å²) >= 11 is 3.74. The predicted molar refractivity (Wildman–Crippen MR) is 167 cm³/mol. The highest BCUT2D eigenvalue weighted by atomic mass is 79.9. The van der Waals surface area contributed by atoms with Gasteiger partial charge in [0.25, 0.3) is 0 Å². The summed E-state index contributed by atoms with van der Waals surface area (Å²) in [7, 11) is 0. The summed E-state index contributed by atoms with van der Waals surface area (Å²) in [6.45, 7) is 7.49. The van der Waals surface area contributed by atoms with Crippen LogP contribution in [0.15, 0.2) is 53.0 Å². The van der Waals surface area contributed by atoms with Crippen LogP contribution in [-0.2, 0) is 0 Å². The van der Waals surface area contributed by atoms with Crippen molar-refractivity contribution in [1.29, 1.82) is 0 Å². The zero-order valence-electron chi connectivity index (χ0n) is 23.5. The van der Waals surface area contributed by atoms with Gasteiger partial charge in [0.1, 0.15) is 0 Å². The lowest BCUT2D eigenvalue weighted by Crippen LogP contribution is -2.31. The van der Waals surface area contributed by atoms with Crippen LogP contribution >= 0.6 is 15.9 Å².